The number of halogens is 1. The van der Waals surface area contributed by atoms with Gasteiger partial charge in [0.1, 0.15) is 17.3 Å². The molecule has 5 nitrogen and oxygen atoms in total. The van der Waals surface area contributed by atoms with Gasteiger partial charge in [0.2, 0.25) is 6.29 Å². The normalized spacial score (nSPS) is 17.9. The number of anilines is 1. The Hall–Kier alpha value is -6.92. The van der Waals surface area contributed by atoms with Crippen molar-refractivity contribution in [3.63, 3.8) is 0 Å². The molecule has 0 amide bonds. The zero-order valence-electron chi connectivity index (χ0n) is 30.7. The van der Waals surface area contributed by atoms with Crippen LogP contribution in [0.1, 0.15) is 43.1 Å². The Balaban J connectivity index is 1.09. The molecule has 0 bridgehead atoms. The van der Waals surface area contributed by atoms with Gasteiger partial charge < -0.3 is 19.2 Å². The van der Waals surface area contributed by atoms with Crippen molar-refractivity contribution in [2.75, 3.05) is 5.32 Å². The van der Waals surface area contributed by atoms with Crippen molar-refractivity contribution >= 4 is 60.6 Å². The zero-order chi connectivity index (χ0) is 37.3. The van der Waals surface area contributed by atoms with E-state index in [1.54, 1.807) is 0 Å². The van der Waals surface area contributed by atoms with Crippen LogP contribution < -0.4 is 10.1 Å². The van der Waals surface area contributed by atoms with E-state index in [4.69, 9.17) is 9.73 Å². The topological polar surface area (TPSA) is 43.5 Å². The molecule has 0 saturated heterocycles. The molecule has 8 aromatic rings. The van der Waals surface area contributed by atoms with Crippen LogP contribution in [0.3, 0.4) is 0 Å². The van der Waals surface area contributed by atoms with E-state index < -0.39 is 6.29 Å². The molecule has 0 radical (unpaired) electrons. The van der Waals surface area contributed by atoms with Crippen LogP contribution in [-0.4, -0.2) is 14.8 Å². The first kappa shape index (κ1) is 32.5. The number of rotatable bonds is 4. The molecule has 0 saturated carbocycles. The second-order valence-electron chi connectivity index (χ2n) is 14.8. The molecule has 3 aliphatic rings. The van der Waals surface area contributed by atoms with E-state index >= 15 is 0 Å². The Kier molecular flexibility index (Phi) is 7.46. The van der Waals surface area contributed by atoms with Gasteiger partial charge in [-0.15, -0.1) is 0 Å². The van der Waals surface area contributed by atoms with Crippen molar-refractivity contribution in [3.05, 3.63) is 192 Å². The van der Waals surface area contributed by atoms with Crippen LogP contribution in [-0.2, 0) is 0 Å². The summed E-state index contributed by atoms with van der Waals surface area (Å²) in [6, 6.07) is 45.0. The summed E-state index contributed by atoms with van der Waals surface area (Å²) in [5, 5.41) is 8.44. The average molecular weight is 729 g/mol. The maximum absolute atomic E-state index is 14.2. The molecular weight excluding hydrogens is 692 g/mol. The molecule has 6 heteroatoms. The SMILES string of the molecule is C=C1CC/C=C(/C2=CC=C(C3=NC(n4c5ccccc5c5ccc6c(c7ccccc7n6-c6ccc(F)cc6)c54)Nc4ccccc43)CC2)Oc2ccccc21. The second kappa shape index (κ2) is 12.8. The third-order valence-electron chi connectivity index (χ3n) is 11.6. The van der Waals surface area contributed by atoms with Gasteiger partial charge in [0.25, 0.3) is 0 Å². The average Bonchev–Trinajstić information content (AvgIpc) is 3.76. The summed E-state index contributed by atoms with van der Waals surface area (Å²) < 4.78 is 25.4. The molecule has 4 heterocycles. The minimum atomic E-state index is -0.423. The van der Waals surface area contributed by atoms with Crippen molar-refractivity contribution < 1.29 is 9.13 Å². The number of benzene rings is 6. The van der Waals surface area contributed by atoms with Crippen LogP contribution in [0, 0.1) is 5.82 Å². The Morgan fingerprint density at radius 1 is 0.661 bits per heavy atom. The first-order valence-corrected chi connectivity index (χ1v) is 19.3. The fourth-order valence-corrected chi connectivity index (χ4v) is 8.98. The number of aromatic nitrogens is 2. The van der Waals surface area contributed by atoms with Gasteiger partial charge in [-0.25, -0.2) is 9.38 Å². The molecular formula is C50H37FN4O. The molecule has 270 valence electrons. The maximum Gasteiger partial charge on any atom is 0.201 e. The van der Waals surface area contributed by atoms with Crippen LogP contribution >= 0.6 is 0 Å². The van der Waals surface area contributed by atoms with Gasteiger partial charge in [0.05, 0.1) is 27.8 Å². The summed E-state index contributed by atoms with van der Waals surface area (Å²) >= 11 is 0. The molecule has 6 aromatic carbocycles. The second-order valence-corrected chi connectivity index (χ2v) is 14.8. The monoisotopic (exact) mass is 728 g/mol. The van der Waals surface area contributed by atoms with E-state index in [2.05, 4.69) is 130 Å². The van der Waals surface area contributed by atoms with Crippen LogP contribution in [0.2, 0.25) is 0 Å². The highest BCUT2D eigenvalue weighted by atomic mass is 19.1. The summed E-state index contributed by atoms with van der Waals surface area (Å²) in [5.74, 6) is 1.54. The lowest BCUT2D eigenvalue weighted by molar-refractivity contribution is 0.425. The largest absolute Gasteiger partial charge is 0.457 e. The third-order valence-corrected chi connectivity index (χ3v) is 11.6. The molecule has 2 aliphatic heterocycles. The van der Waals surface area contributed by atoms with Gasteiger partial charge in [0, 0.05) is 44.0 Å². The molecule has 56 heavy (non-hydrogen) atoms. The number of fused-ring (bicyclic) bond motifs is 9. The fraction of sp³-hybridized carbons (Fsp3) is 0.100. The van der Waals surface area contributed by atoms with Gasteiger partial charge in [-0.05, 0) is 103 Å². The third kappa shape index (κ3) is 5.09. The van der Waals surface area contributed by atoms with Gasteiger partial charge in [-0.2, -0.15) is 0 Å². The minimum absolute atomic E-state index is 0.253. The first-order valence-electron chi connectivity index (χ1n) is 19.3. The maximum atomic E-state index is 14.2. The van der Waals surface area contributed by atoms with E-state index in [0.29, 0.717) is 0 Å². The molecule has 1 atom stereocenters. The van der Waals surface area contributed by atoms with Crippen molar-refractivity contribution in [2.45, 2.75) is 32.0 Å². The van der Waals surface area contributed by atoms with Crippen LogP contribution in [0.4, 0.5) is 10.1 Å². The van der Waals surface area contributed by atoms with E-state index in [1.807, 2.05) is 30.3 Å². The number of aliphatic imine (C=N–C) groups is 1. The van der Waals surface area contributed by atoms with Crippen LogP contribution in [0.15, 0.2) is 180 Å². The number of para-hydroxylation sites is 4. The smallest absolute Gasteiger partial charge is 0.201 e. The zero-order valence-corrected chi connectivity index (χ0v) is 30.7. The summed E-state index contributed by atoms with van der Waals surface area (Å²) in [7, 11) is 0. The van der Waals surface area contributed by atoms with Gasteiger partial charge in [-0.3, -0.25) is 0 Å². The predicted molar refractivity (Wildman–Crippen MR) is 228 cm³/mol. The van der Waals surface area contributed by atoms with Gasteiger partial charge in [0.15, 0.2) is 0 Å². The van der Waals surface area contributed by atoms with Crippen molar-refractivity contribution in [1.29, 1.82) is 0 Å². The summed E-state index contributed by atoms with van der Waals surface area (Å²) in [5.41, 5.74) is 13.0. The lowest BCUT2D eigenvalue weighted by Gasteiger charge is -2.30. The van der Waals surface area contributed by atoms with Crippen molar-refractivity contribution in [2.24, 2.45) is 4.99 Å². The van der Waals surface area contributed by atoms with E-state index in [1.165, 1.54) is 28.7 Å². The van der Waals surface area contributed by atoms with E-state index in [0.717, 1.165) is 109 Å². The fourth-order valence-electron chi connectivity index (χ4n) is 8.98. The molecule has 11 rings (SSSR count). The van der Waals surface area contributed by atoms with E-state index in [9.17, 15) is 4.39 Å². The number of hydrogen-bond acceptors (Lipinski definition) is 3. The minimum Gasteiger partial charge on any atom is -0.457 e. The Morgan fingerprint density at radius 2 is 1.38 bits per heavy atom. The Labute approximate surface area is 323 Å². The highest BCUT2D eigenvalue weighted by molar-refractivity contribution is 6.26. The standard InChI is InChI=1S/C50H37FN4O/c1-31-11-10-20-45(56-46-19-9-5-12-36(31)46)32-21-23-33(24-22-32)48-39-14-2-6-16-41(39)52-50(53-48)55-42-17-7-3-13-37(42)38-29-30-44-47(49(38)55)40-15-4-8-18-43(40)54(44)35-27-25-34(51)26-28-35/h2-9,12-21,23,25-30,50,52H,1,10-11,22,24H2/b45-20-. The lowest BCUT2D eigenvalue weighted by Crippen LogP contribution is -2.25. The summed E-state index contributed by atoms with van der Waals surface area (Å²) in [4.78, 5) is 5.62. The molecule has 0 fully saturated rings. The predicted octanol–water partition coefficient (Wildman–Crippen LogP) is 12.8. The summed E-state index contributed by atoms with van der Waals surface area (Å²) in [6.45, 7) is 4.31. The van der Waals surface area contributed by atoms with Gasteiger partial charge in [-0.1, -0.05) is 97.6 Å². The number of allylic oxidation sites excluding steroid dienone is 6. The molecule has 1 aliphatic carbocycles. The molecule has 2 aromatic heterocycles. The van der Waals surface area contributed by atoms with Crippen LogP contribution in [0.5, 0.6) is 5.75 Å². The number of ether oxygens (including phenoxy) is 1. The summed E-state index contributed by atoms with van der Waals surface area (Å²) in [6.07, 6.45) is 9.73. The number of nitrogens with zero attached hydrogens (tertiary/aromatic N) is 3. The number of hydrogen-bond donors (Lipinski definition) is 1. The Morgan fingerprint density at radius 3 is 2.21 bits per heavy atom. The van der Waals surface area contributed by atoms with Crippen molar-refractivity contribution in [1.82, 2.24) is 9.13 Å². The quantitative estimate of drug-likeness (QED) is 0.196. The highest BCUT2D eigenvalue weighted by Gasteiger charge is 2.29. The molecule has 1 unspecified atom stereocenters. The number of nitrogens with one attached hydrogen (secondary N) is 1. The van der Waals surface area contributed by atoms with Crippen molar-refractivity contribution in [3.8, 4) is 11.4 Å². The van der Waals surface area contributed by atoms with Gasteiger partial charge >= 0.3 is 0 Å². The molecule has 0 spiro atoms. The lowest BCUT2D eigenvalue weighted by atomic mass is 9.89. The molecule has 1 N–H and O–H groups in total. The van der Waals surface area contributed by atoms with Crippen LogP contribution in [0.25, 0.3) is 54.9 Å². The highest BCUT2D eigenvalue weighted by Crippen LogP contribution is 2.44. The Bertz CT molecular complexity index is 3060. The van der Waals surface area contributed by atoms with E-state index in [-0.39, 0.29) is 5.82 Å². The first-order chi connectivity index (χ1) is 27.6.